The number of methoxy groups -OCH3 is 1. The first kappa shape index (κ1) is 16.5. The quantitative estimate of drug-likeness (QED) is 0.463. The second-order valence-electron chi connectivity index (χ2n) is 6.73. The van der Waals surface area contributed by atoms with Gasteiger partial charge in [0.1, 0.15) is 5.75 Å². The number of aromatic nitrogens is 1. The highest BCUT2D eigenvalue weighted by atomic mass is 16.5. The summed E-state index contributed by atoms with van der Waals surface area (Å²) in [6.07, 6.45) is 3.22. The van der Waals surface area contributed by atoms with Crippen LogP contribution >= 0.6 is 0 Å². The maximum atomic E-state index is 5.46. The first-order chi connectivity index (χ1) is 12.8. The molecule has 130 valence electrons. The molecule has 0 aliphatic carbocycles. The molecule has 4 aromatic rings. The third-order valence-corrected chi connectivity index (χ3v) is 5.10. The fourth-order valence-corrected chi connectivity index (χ4v) is 3.78. The van der Waals surface area contributed by atoms with Gasteiger partial charge in [-0.2, -0.15) is 0 Å². The van der Waals surface area contributed by atoms with Crippen molar-refractivity contribution < 1.29 is 4.74 Å². The summed E-state index contributed by atoms with van der Waals surface area (Å²) in [4.78, 5) is 0. The number of ether oxygens (including phenoxy) is 1. The van der Waals surface area contributed by atoms with Gasteiger partial charge in [-0.1, -0.05) is 60.7 Å². The Bertz CT molecular complexity index is 1020. The van der Waals surface area contributed by atoms with E-state index in [9.17, 15) is 0 Å². The van der Waals surface area contributed by atoms with Gasteiger partial charge in [0.05, 0.1) is 7.11 Å². The molecular formula is C24H23NO. The zero-order valence-corrected chi connectivity index (χ0v) is 15.2. The van der Waals surface area contributed by atoms with Gasteiger partial charge in [-0.3, -0.25) is 0 Å². The first-order valence-electron chi connectivity index (χ1n) is 8.98. The molecule has 2 heteroatoms. The predicted molar refractivity (Wildman–Crippen MR) is 108 cm³/mol. The van der Waals surface area contributed by atoms with Crippen LogP contribution in [0.4, 0.5) is 0 Å². The third-order valence-electron chi connectivity index (χ3n) is 5.10. The molecule has 3 aromatic carbocycles. The van der Waals surface area contributed by atoms with E-state index in [1.165, 1.54) is 27.6 Å². The molecule has 2 nitrogen and oxygen atoms in total. The number of rotatable bonds is 5. The molecule has 0 N–H and O–H groups in total. The summed E-state index contributed by atoms with van der Waals surface area (Å²) in [5.74, 6) is 1.19. The van der Waals surface area contributed by atoms with Crippen LogP contribution < -0.4 is 4.74 Å². The summed E-state index contributed by atoms with van der Waals surface area (Å²) in [6.45, 7) is 0. The zero-order chi connectivity index (χ0) is 17.9. The lowest BCUT2D eigenvalue weighted by Gasteiger charge is -2.19. The first-order valence-corrected chi connectivity index (χ1v) is 8.98. The Morgan fingerprint density at radius 1 is 0.846 bits per heavy atom. The van der Waals surface area contributed by atoms with Crippen LogP contribution in [0.1, 0.15) is 22.6 Å². The summed E-state index contributed by atoms with van der Waals surface area (Å²) in [6, 6.07) is 27.8. The fourth-order valence-electron chi connectivity index (χ4n) is 3.78. The summed E-state index contributed by atoms with van der Waals surface area (Å²) in [7, 11) is 3.84. The van der Waals surface area contributed by atoms with Gasteiger partial charge >= 0.3 is 0 Å². The SMILES string of the molecule is COc1cccc(C(Cc2cn(C)c3ccccc23)c2ccccc2)c1. The number of para-hydroxylation sites is 1. The van der Waals surface area contributed by atoms with Crippen molar-refractivity contribution in [2.24, 2.45) is 7.05 Å². The monoisotopic (exact) mass is 341 g/mol. The zero-order valence-electron chi connectivity index (χ0n) is 15.2. The molecule has 0 spiro atoms. The smallest absolute Gasteiger partial charge is 0.119 e. The van der Waals surface area contributed by atoms with Crippen molar-refractivity contribution in [3.8, 4) is 5.75 Å². The Kier molecular flexibility index (Phi) is 4.49. The minimum atomic E-state index is 0.289. The fraction of sp³-hybridized carbons (Fsp3) is 0.167. The highest BCUT2D eigenvalue weighted by Crippen LogP contribution is 2.33. The van der Waals surface area contributed by atoms with E-state index < -0.39 is 0 Å². The van der Waals surface area contributed by atoms with E-state index in [1.54, 1.807) is 7.11 Å². The molecule has 0 saturated carbocycles. The minimum Gasteiger partial charge on any atom is -0.497 e. The third kappa shape index (κ3) is 3.11. The molecule has 0 fully saturated rings. The van der Waals surface area contributed by atoms with Crippen molar-refractivity contribution in [2.45, 2.75) is 12.3 Å². The van der Waals surface area contributed by atoms with Crippen molar-refractivity contribution in [3.63, 3.8) is 0 Å². The van der Waals surface area contributed by atoms with E-state index in [0.29, 0.717) is 0 Å². The molecule has 4 rings (SSSR count). The Morgan fingerprint density at radius 3 is 2.38 bits per heavy atom. The summed E-state index contributed by atoms with van der Waals surface area (Å²) >= 11 is 0. The lowest BCUT2D eigenvalue weighted by Crippen LogP contribution is -2.05. The maximum absolute atomic E-state index is 5.46. The average Bonchev–Trinajstić information content (AvgIpc) is 3.03. The molecular weight excluding hydrogens is 318 g/mol. The lowest BCUT2D eigenvalue weighted by molar-refractivity contribution is 0.414. The Morgan fingerprint density at radius 2 is 1.58 bits per heavy atom. The number of aryl methyl sites for hydroxylation is 1. The van der Waals surface area contributed by atoms with Crippen LogP contribution in [0.15, 0.2) is 85.1 Å². The van der Waals surface area contributed by atoms with Crippen LogP contribution in [-0.2, 0) is 13.5 Å². The summed E-state index contributed by atoms with van der Waals surface area (Å²) in [5.41, 5.74) is 5.26. The highest BCUT2D eigenvalue weighted by molar-refractivity contribution is 5.84. The van der Waals surface area contributed by atoms with E-state index in [2.05, 4.69) is 90.6 Å². The van der Waals surface area contributed by atoms with Gasteiger partial charge in [-0.25, -0.2) is 0 Å². The van der Waals surface area contributed by atoms with Gasteiger partial charge in [-0.15, -0.1) is 0 Å². The lowest BCUT2D eigenvalue weighted by atomic mass is 9.86. The van der Waals surface area contributed by atoms with Crippen molar-refractivity contribution in [3.05, 3.63) is 102 Å². The number of hydrogen-bond acceptors (Lipinski definition) is 1. The van der Waals surface area contributed by atoms with E-state index >= 15 is 0 Å². The van der Waals surface area contributed by atoms with Crippen molar-refractivity contribution in [2.75, 3.05) is 7.11 Å². The van der Waals surface area contributed by atoms with Crippen LogP contribution in [-0.4, -0.2) is 11.7 Å². The maximum Gasteiger partial charge on any atom is 0.119 e. The molecule has 1 atom stereocenters. The molecule has 1 unspecified atom stereocenters. The number of hydrogen-bond donors (Lipinski definition) is 0. The molecule has 1 aromatic heterocycles. The normalized spacial score (nSPS) is 12.2. The summed E-state index contributed by atoms with van der Waals surface area (Å²) in [5, 5.41) is 1.33. The van der Waals surface area contributed by atoms with Crippen molar-refractivity contribution in [1.82, 2.24) is 4.57 Å². The molecule has 0 amide bonds. The molecule has 0 aliphatic heterocycles. The van der Waals surface area contributed by atoms with Gasteiger partial charge in [0.2, 0.25) is 0 Å². The van der Waals surface area contributed by atoms with E-state index in [0.717, 1.165) is 12.2 Å². The van der Waals surface area contributed by atoms with Crippen LogP contribution in [0.2, 0.25) is 0 Å². The number of nitrogens with zero attached hydrogens (tertiary/aromatic N) is 1. The Hall–Kier alpha value is -3.00. The second-order valence-corrected chi connectivity index (χ2v) is 6.73. The van der Waals surface area contributed by atoms with Gasteiger partial charge < -0.3 is 9.30 Å². The molecule has 0 aliphatic rings. The van der Waals surface area contributed by atoms with Crippen LogP contribution in [0.3, 0.4) is 0 Å². The van der Waals surface area contributed by atoms with Gasteiger partial charge in [0.15, 0.2) is 0 Å². The highest BCUT2D eigenvalue weighted by Gasteiger charge is 2.18. The van der Waals surface area contributed by atoms with Crippen molar-refractivity contribution >= 4 is 10.9 Å². The van der Waals surface area contributed by atoms with E-state index in [4.69, 9.17) is 4.74 Å². The topological polar surface area (TPSA) is 14.2 Å². The predicted octanol–water partition coefficient (Wildman–Crippen LogP) is 5.56. The number of fused-ring (bicyclic) bond motifs is 1. The molecule has 1 heterocycles. The van der Waals surface area contributed by atoms with E-state index in [-0.39, 0.29) is 5.92 Å². The van der Waals surface area contributed by atoms with Gasteiger partial charge in [0, 0.05) is 30.1 Å². The molecule has 0 radical (unpaired) electrons. The largest absolute Gasteiger partial charge is 0.497 e. The second kappa shape index (κ2) is 7.09. The standard InChI is InChI=1S/C24H23NO/c1-25-17-20(22-13-6-7-14-24(22)25)16-23(18-9-4-3-5-10-18)19-11-8-12-21(15-19)26-2/h3-15,17,23H,16H2,1-2H3. The summed E-state index contributed by atoms with van der Waals surface area (Å²) < 4.78 is 7.68. The molecule has 0 bridgehead atoms. The number of benzene rings is 3. The van der Waals surface area contributed by atoms with Crippen LogP contribution in [0.5, 0.6) is 5.75 Å². The Balaban J connectivity index is 1.80. The van der Waals surface area contributed by atoms with Gasteiger partial charge in [0.25, 0.3) is 0 Å². The van der Waals surface area contributed by atoms with Gasteiger partial charge in [-0.05, 0) is 41.3 Å². The minimum absolute atomic E-state index is 0.289. The Labute approximate surface area is 154 Å². The van der Waals surface area contributed by atoms with E-state index in [1.807, 2.05) is 6.07 Å². The average molecular weight is 341 g/mol. The molecule has 0 saturated heterocycles. The molecule has 26 heavy (non-hydrogen) atoms. The van der Waals surface area contributed by atoms with Crippen LogP contribution in [0, 0.1) is 0 Å². The van der Waals surface area contributed by atoms with Crippen LogP contribution in [0.25, 0.3) is 10.9 Å². The van der Waals surface area contributed by atoms with Crippen molar-refractivity contribution in [1.29, 1.82) is 0 Å².